The van der Waals surface area contributed by atoms with E-state index in [1.54, 1.807) is 23.1 Å². The number of amides is 3. The fourth-order valence-electron chi connectivity index (χ4n) is 7.70. The molecular weight excluding hydrogens is 598 g/mol. The van der Waals surface area contributed by atoms with Gasteiger partial charge in [-0.3, -0.25) is 19.2 Å². The number of nitrogens with one attached hydrogen (secondary N) is 1. The molecule has 0 bridgehead atoms. The number of carbonyl (C=O) groups is 4. The van der Waals surface area contributed by atoms with Crippen LogP contribution in [-0.4, -0.2) is 82.1 Å². The normalized spacial score (nSPS) is 31.3. The second-order valence-electron chi connectivity index (χ2n) is 12.8. The Morgan fingerprint density at radius 1 is 1.00 bits per heavy atom. The zero-order valence-corrected chi connectivity index (χ0v) is 26.9. The molecule has 3 amide bonds. The van der Waals surface area contributed by atoms with Crippen molar-refractivity contribution in [1.29, 1.82) is 0 Å². The van der Waals surface area contributed by atoms with Crippen molar-refractivity contribution in [2.75, 3.05) is 19.7 Å². The molecule has 47 heavy (non-hydrogen) atoms. The van der Waals surface area contributed by atoms with Crippen molar-refractivity contribution in [2.24, 2.45) is 11.8 Å². The lowest BCUT2D eigenvalue weighted by atomic mass is 9.77. The highest BCUT2D eigenvalue weighted by Gasteiger charge is 2.72. The molecule has 2 fully saturated rings. The number of ether oxygens (including phenoxy) is 2. The molecule has 4 heterocycles. The highest BCUT2D eigenvalue weighted by atomic mass is 16.6. The van der Waals surface area contributed by atoms with Gasteiger partial charge in [0.2, 0.25) is 17.7 Å². The van der Waals surface area contributed by atoms with Crippen LogP contribution in [0.25, 0.3) is 0 Å². The highest BCUT2D eigenvalue weighted by molar-refractivity contribution is 5.99. The number of hydrogen-bond donors (Lipinski definition) is 2. The van der Waals surface area contributed by atoms with E-state index in [0.717, 1.165) is 12.8 Å². The number of carbonyl (C=O) groups excluding carboxylic acids is 4. The molecule has 0 saturated carbocycles. The van der Waals surface area contributed by atoms with E-state index in [2.05, 4.69) is 12.2 Å². The number of rotatable bonds is 7. The third kappa shape index (κ3) is 6.00. The summed E-state index contributed by atoms with van der Waals surface area (Å²) in [6.07, 6.45) is 7.75. The molecule has 0 aromatic heterocycles. The molecule has 10 nitrogen and oxygen atoms in total. The molecule has 2 saturated heterocycles. The third-order valence-corrected chi connectivity index (χ3v) is 9.94. The van der Waals surface area contributed by atoms with Gasteiger partial charge in [-0.25, -0.2) is 0 Å². The van der Waals surface area contributed by atoms with Crippen molar-refractivity contribution >= 4 is 23.7 Å². The number of allylic oxidation sites excluding steroid dienone is 1. The van der Waals surface area contributed by atoms with Crippen molar-refractivity contribution in [3.8, 4) is 0 Å². The number of nitrogens with zero attached hydrogens (tertiary/aromatic N) is 2. The summed E-state index contributed by atoms with van der Waals surface area (Å²) in [4.78, 5) is 59.8. The number of aliphatic hydroxyl groups excluding tert-OH is 1. The zero-order chi connectivity index (χ0) is 33.1. The van der Waals surface area contributed by atoms with Gasteiger partial charge >= 0.3 is 5.97 Å². The molecule has 6 rings (SSSR count). The second-order valence-corrected chi connectivity index (χ2v) is 12.8. The van der Waals surface area contributed by atoms with E-state index in [-0.39, 0.29) is 30.8 Å². The van der Waals surface area contributed by atoms with Crippen LogP contribution in [0.1, 0.15) is 62.8 Å². The quantitative estimate of drug-likeness (QED) is 0.350. The first-order chi connectivity index (χ1) is 22.8. The molecule has 1 spiro atoms. The molecule has 0 radical (unpaired) electrons. The minimum absolute atomic E-state index is 0.0678. The number of cyclic esters (lactones) is 1. The summed E-state index contributed by atoms with van der Waals surface area (Å²) >= 11 is 0. The van der Waals surface area contributed by atoms with E-state index in [0.29, 0.717) is 24.1 Å². The Kier molecular flexibility index (Phi) is 9.61. The maximum Gasteiger partial charge on any atom is 0.313 e. The molecular formula is C37H43N3O7. The number of hydrogen-bond acceptors (Lipinski definition) is 7. The topological polar surface area (TPSA) is 125 Å². The van der Waals surface area contributed by atoms with Crippen LogP contribution < -0.4 is 5.32 Å². The predicted molar refractivity (Wildman–Crippen MR) is 173 cm³/mol. The average Bonchev–Trinajstić information content (AvgIpc) is 3.46. The van der Waals surface area contributed by atoms with Gasteiger partial charge in [0.1, 0.15) is 23.7 Å². The zero-order valence-electron chi connectivity index (χ0n) is 26.9. The van der Waals surface area contributed by atoms with Gasteiger partial charge in [-0.15, -0.1) is 0 Å². The SMILES string of the molecule is CCCC(C)N1CC=C[C@@]23O[C@H]4/C=C\CCC(=O)NC[C@H](c5ccccc5)OC(=O)[C@H]4[C@@H]2C(=O)N([C@H](CO)c2ccccc2)[C@H]3C1=O. The lowest BCUT2D eigenvalue weighted by Gasteiger charge is -2.40. The lowest BCUT2D eigenvalue weighted by Crippen LogP contribution is -2.57. The fraction of sp³-hybridized carbons (Fsp3) is 0.459. The molecule has 4 aliphatic rings. The number of aliphatic hydroxyl groups is 1. The number of esters is 1. The standard InChI is InChI=1S/C37H43N3O7/c1-3-13-24(2)39-21-12-20-37-32(34(43)40(33(37)35(39)44)27(23-41)25-14-6-4-7-15-25)31-28(47-37)18-10-11-19-30(42)38-22-29(46-36(31)45)26-16-8-5-9-17-26/h4-10,12,14-18,20,24,27-29,31-33,41H,3,11,13,19,21-23H2,1-2H3,(H,38,42)/b18-10-/t24?,27-,28+,29-,31-,32-,33+,37-/m1/s1. The van der Waals surface area contributed by atoms with Crippen LogP contribution in [0.15, 0.2) is 85.0 Å². The van der Waals surface area contributed by atoms with Gasteiger partial charge in [-0.2, -0.15) is 0 Å². The van der Waals surface area contributed by atoms with Crippen LogP contribution in [0.3, 0.4) is 0 Å². The average molecular weight is 642 g/mol. The first-order valence-electron chi connectivity index (χ1n) is 16.6. The highest BCUT2D eigenvalue weighted by Crippen LogP contribution is 2.55. The van der Waals surface area contributed by atoms with Crippen LogP contribution in [0.4, 0.5) is 0 Å². The Morgan fingerprint density at radius 3 is 2.43 bits per heavy atom. The summed E-state index contributed by atoms with van der Waals surface area (Å²) in [5.74, 6) is -3.74. The molecule has 10 heteroatoms. The van der Waals surface area contributed by atoms with E-state index >= 15 is 0 Å². The number of likely N-dealkylation sites (tertiary alicyclic amines) is 1. The van der Waals surface area contributed by atoms with Crippen molar-refractivity contribution in [1.82, 2.24) is 15.1 Å². The summed E-state index contributed by atoms with van der Waals surface area (Å²) in [5, 5.41) is 13.7. The van der Waals surface area contributed by atoms with Crippen LogP contribution in [0, 0.1) is 11.8 Å². The molecule has 248 valence electrons. The second kappa shape index (κ2) is 13.8. The van der Waals surface area contributed by atoms with E-state index < -0.39 is 60.2 Å². The summed E-state index contributed by atoms with van der Waals surface area (Å²) in [6.45, 7) is 4.02. The molecule has 8 atom stereocenters. The van der Waals surface area contributed by atoms with Gasteiger partial charge in [0, 0.05) is 19.0 Å². The lowest BCUT2D eigenvalue weighted by molar-refractivity contribution is -0.161. The van der Waals surface area contributed by atoms with Gasteiger partial charge in [0.15, 0.2) is 0 Å². The summed E-state index contributed by atoms with van der Waals surface area (Å²) < 4.78 is 13.0. The maximum atomic E-state index is 14.9. The van der Waals surface area contributed by atoms with Crippen molar-refractivity contribution in [3.05, 3.63) is 96.1 Å². The molecule has 2 aromatic carbocycles. The monoisotopic (exact) mass is 641 g/mol. The predicted octanol–water partition coefficient (Wildman–Crippen LogP) is 3.64. The van der Waals surface area contributed by atoms with Crippen molar-refractivity contribution in [2.45, 2.75) is 75.5 Å². The van der Waals surface area contributed by atoms with Gasteiger partial charge in [-0.05, 0) is 30.9 Å². The van der Waals surface area contributed by atoms with Crippen molar-refractivity contribution < 1.29 is 33.8 Å². The summed E-state index contributed by atoms with van der Waals surface area (Å²) in [6, 6.07) is 16.2. The third-order valence-electron chi connectivity index (χ3n) is 9.94. The Labute approximate surface area is 275 Å². The van der Waals surface area contributed by atoms with E-state index in [4.69, 9.17) is 9.47 Å². The number of fused-ring (bicyclic) bond motifs is 2. The maximum absolute atomic E-state index is 14.9. The van der Waals surface area contributed by atoms with Crippen LogP contribution in [0.2, 0.25) is 0 Å². The van der Waals surface area contributed by atoms with Crippen LogP contribution >= 0.6 is 0 Å². The van der Waals surface area contributed by atoms with E-state index in [1.807, 2.05) is 73.7 Å². The Balaban J connectivity index is 1.47. The first-order valence-corrected chi connectivity index (χ1v) is 16.6. The van der Waals surface area contributed by atoms with Gasteiger partial charge in [0.05, 0.1) is 31.2 Å². The van der Waals surface area contributed by atoms with Gasteiger partial charge in [-0.1, -0.05) is 98.3 Å². The molecule has 2 aromatic rings. The van der Waals surface area contributed by atoms with Crippen LogP contribution in [0.5, 0.6) is 0 Å². The molecule has 1 unspecified atom stereocenters. The molecule has 4 aliphatic heterocycles. The Bertz CT molecular complexity index is 1530. The first kappa shape index (κ1) is 32.7. The van der Waals surface area contributed by atoms with Crippen molar-refractivity contribution in [3.63, 3.8) is 0 Å². The molecule has 2 N–H and O–H groups in total. The summed E-state index contributed by atoms with van der Waals surface area (Å²) in [5.41, 5.74) is -0.123. The Morgan fingerprint density at radius 2 is 1.72 bits per heavy atom. The van der Waals surface area contributed by atoms with Gasteiger partial charge < -0.3 is 29.7 Å². The smallest absolute Gasteiger partial charge is 0.313 e. The minimum Gasteiger partial charge on any atom is -0.455 e. The Hall–Kier alpha value is -4.28. The summed E-state index contributed by atoms with van der Waals surface area (Å²) in [7, 11) is 0. The minimum atomic E-state index is -1.49. The fourth-order valence-corrected chi connectivity index (χ4v) is 7.70. The number of benzene rings is 2. The van der Waals surface area contributed by atoms with Gasteiger partial charge in [0.25, 0.3) is 0 Å². The van der Waals surface area contributed by atoms with E-state index in [1.165, 1.54) is 4.90 Å². The van der Waals surface area contributed by atoms with Crippen LogP contribution in [-0.2, 0) is 28.7 Å². The largest absolute Gasteiger partial charge is 0.455 e. The van der Waals surface area contributed by atoms with E-state index in [9.17, 15) is 24.3 Å². The molecule has 0 aliphatic carbocycles.